The minimum absolute atomic E-state index is 0.00839. The molecular weight excluding hydrogens is 285 g/mol. The van der Waals surface area contributed by atoms with Crippen LogP contribution < -0.4 is 21.5 Å². The van der Waals surface area contributed by atoms with E-state index in [1.54, 1.807) is 19.0 Å². The monoisotopic (exact) mass is 297 g/mol. The zero-order chi connectivity index (χ0) is 14.7. The summed E-state index contributed by atoms with van der Waals surface area (Å²) in [4.78, 5) is 14.0. The van der Waals surface area contributed by atoms with Gasteiger partial charge in [-0.05, 0) is 18.2 Å². The van der Waals surface area contributed by atoms with Gasteiger partial charge in [0, 0.05) is 19.8 Å². The molecule has 0 fully saturated rings. The highest BCUT2D eigenvalue weighted by Crippen LogP contribution is 2.22. The number of nitrogens with zero attached hydrogens (tertiary/aromatic N) is 4. The van der Waals surface area contributed by atoms with Crippen LogP contribution in [0.1, 0.15) is 0 Å². The summed E-state index contributed by atoms with van der Waals surface area (Å²) in [7, 11) is 3.57. The van der Waals surface area contributed by atoms with E-state index in [2.05, 4.69) is 25.7 Å². The van der Waals surface area contributed by atoms with E-state index >= 15 is 0 Å². The van der Waals surface area contributed by atoms with Crippen molar-refractivity contribution in [2.24, 2.45) is 5.84 Å². The van der Waals surface area contributed by atoms with Gasteiger partial charge in [-0.3, -0.25) is 5.43 Å². The molecule has 2 rings (SSSR count). The fourth-order valence-electron chi connectivity index (χ4n) is 1.39. The fraction of sp³-hybridized carbons (Fsp3) is 0.182. The lowest BCUT2D eigenvalue weighted by molar-refractivity contribution is 0.628. The average Bonchev–Trinajstić information content (AvgIpc) is 2.42. The molecule has 0 bridgehead atoms. The molecule has 0 atom stereocenters. The highest BCUT2D eigenvalue weighted by Gasteiger charge is 2.08. The number of nitrogens with two attached hydrogens (primary N) is 1. The second-order valence-corrected chi connectivity index (χ2v) is 4.48. The Kier molecular flexibility index (Phi) is 4.16. The maximum atomic E-state index is 13.1. The van der Waals surface area contributed by atoms with Crippen LogP contribution in [-0.4, -0.2) is 29.0 Å². The summed E-state index contributed by atoms with van der Waals surface area (Å²) >= 11 is 5.71. The average molecular weight is 298 g/mol. The predicted octanol–water partition coefficient (Wildman–Crippen LogP) is 1.76. The van der Waals surface area contributed by atoms with E-state index in [1.807, 2.05) is 0 Å². The summed E-state index contributed by atoms with van der Waals surface area (Å²) in [6, 6.07) is 4.21. The van der Waals surface area contributed by atoms with Crippen LogP contribution in [0.4, 0.5) is 27.9 Å². The quantitative estimate of drug-likeness (QED) is 0.585. The van der Waals surface area contributed by atoms with Gasteiger partial charge in [-0.1, -0.05) is 11.6 Å². The zero-order valence-corrected chi connectivity index (χ0v) is 11.6. The van der Waals surface area contributed by atoms with Crippen LogP contribution in [0.15, 0.2) is 18.2 Å². The summed E-state index contributed by atoms with van der Waals surface area (Å²) in [5.74, 6) is 5.70. The summed E-state index contributed by atoms with van der Waals surface area (Å²) in [6.07, 6.45) is 0. The number of anilines is 4. The van der Waals surface area contributed by atoms with Crippen LogP contribution >= 0.6 is 11.6 Å². The minimum Gasteiger partial charge on any atom is -0.347 e. The lowest BCUT2D eigenvalue weighted by atomic mass is 10.3. The third-order valence-electron chi connectivity index (χ3n) is 2.33. The van der Waals surface area contributed by atoms with Crippen molar-refractivity contribution >= 4 is 35.1 Å². The van der Waals surface area contributed by atoms with Crippen LogP contribution in [0, 0.1) is 5.82 Å². The smallest absolute Gasteiger partial charge is 0.243 e. The Labute approximate surface area is 120 Å². The number of hydrazine groups is 1. The summed E-state index contributed by atoms with van der Waals surface area (Å²) in [5.41, 5.74) is 2.91. The molecule has 0 radical (unpaired) electrons. The van der Waals surface area contributed by atoms with Crippen molar-refractivity contribution in [3.8, 4) is 0 Å². The lowest BCUT2D eigenvalue weighted by Crippen LogP contribution is -2.18. The molecule has 106 valence electrons. The molecule has 1 aromatic carbocycles. The Balaban J connectivity index is 2.32. The topological polar surface area (TPSA) is 92.0 Å². The van der Waals surface area contributed by atoms with Crippen molar-refractivity contribution in [2.45, 2.75) is 0 Å². The Morgan fingerprint density at radius 2 is 1.90 bits per heavy atom. The number of nitrogen functional groups attached to an aromatic ring is 1. The van der Waals surface area contributed by atoms with E-state index in [0.717, 1.165) is 0 Å². The first-order valence-corrected chi connectivity index (χ1v) is 5.99. The largest absolute Gasteiger partial charge is 0.347 e. The molecule has 0 spiro atoms. The predicted molar refractivity (Wildman–Crippen MR) is 76.7 cm³/mol. The second-order valence-electron chi connectivity index (χ2n) is 4.08. The zero-order valence-electron chi connectivity index (χ0n) is 10.9. The SMILES string of the molecule is CN(C)c1nc(NN)nc(Nc2ccc(F)c(Cl)c2)n1. The van der Waals surface area contributed by atoms with Gasteiger partial charge in [0.2, 0.25) is 17.8 Å². The van der Waals surface area contributed by atoms with Crippen molar-refractivity contribution < 1.29 is 4.39 Å². The summed E-state index contributed by atoms with van der Waals surface area (Å²) < 4.78 is 13.1. The van der Waals surface area contributed by atoms with Crippen molar-refractivity contribution in [3.05, 3.63) is 29.0 Å². The molecule has 9 heteroatoms. The third-order valence-corrected chi connectivity index (χ3v) is 2.62. The number of benzene rings is 1. The van der Waals surface area contributed by atoms with E-state index in [4.69, 9.17) is 17.4 Å². The molecule has 0 unspecified atom stereocenters. The Hall–Kier alpha value is -2.19. The summed E-state index contributed by atoms with van der Waals surface area (Å²) in [5, 5.41) is 2.91. The van der Waals surface area contributed by atoms with E-state index in [0.29, 0.717) is 11.6 Å². The maximum Gasteiger partial charge on any atom is 0.243 e. The molecule has 2 aromatic rings. The number of nitrogens with one attached hydrogen (secondary N) is 2. The standard InChI is InChI=1S/C11H13ClFN7/c1-20(2)11-17-9(16-10(18-11)19-14)15-6-3-4-8(13)7(12)5-6/h3-5H,14H2,1-2H3,(H2,15,16,17,18,19). The van der Waals surface area contributed by atoms with Crippen LogP contribution in [0.5, 0.6) is 0 Å². The van der Waals surface area contributed by atoms with Crippen molar-refractivity contribution in [3.63, 3.8) is 0 Å². The molecule has 0 amide bonds. The molecule has 1 aromatic heterocycles. The third kappa shape index (κ3) is 3.22. The first-order valence-electron chi connectivity index (χ1n) is 5.61. The van der Waals surface area contributed by atoms with Crippen molar-refractivity contribution in [2.75, 3.05) is 29.7 Å². The van der Waals surface area contributed by atoms with Crippen LogP contribution in [0.25, 0.3) is 0 Å². The van der Waals surface area contributed by atoms with Gasteiger partial charge in [-0.2, -0.15) is 15.0 Å². The maximum absolute atomic E-state index is 13.1. The Bertz CT molecular complexity index is 620. The van der Waals surface area contributed by atoms with Gasteiger partial charge in [0.15, 0.2) is 0 Å². The molecule has 0 aliphatic heterocycles. The van der Waals surface area contributed by atoms with Gasteiger partial charge >= 0.3 is 0 Å². The first-order chi connectivity index (χ1) is 9.49. The lowest BCUT2D eigenvalue weighted by Gasteiger charge is -2.13. The van der Waals surface area contributed by atoms with Gasteiger partial charge in [-0.15, -0.1) is 0 Å². The van der Waals surface area contributed by atoms with Crippen LogP contribution in [0.2, 0.25) is 5.02 Å². The van der Waals surface area contributed by atoms with Crippen molar-refractivity contribution in [1.29, 1.82) is 0 Å². The van der Waals surface area contributed by atoms with Gasteiger partial charge in [0.1, 0.15) is 5.82 Å². The molecule has 0 aliphatic carbocycles. The normalized spacial score (nSPS) is 10.2. The molecule has 20 heavy (non-hydrogen) atoms. The highest BCUT2D eigenvalue weighted by atomic mass is 35.5. The highest BCUT2D eigenvalue weighted by molar-refractivity contribution is 6.31. The number of hydrogen-bond acceptors (Lipinski definition) is 7. The van der Waals surface area contributed by atoms with E-state index in [-0.39, 0.29) is 16.9 Å². The molecular formula is C11H13ClFN7. The van der Waals surface area contributed by atoms with E-state index in [9.17, 15) is 4.39 Å². The Morgan fingerprint density at radius 3 is 2.50 bits per heavy atom. The summed E-state index contributed by atoms with van der Waals surface area (Å²) in [6.45, 7) is 0. The van der Waals surface area contributed by atoms with Gasteiger partial charge < -0.3 is 10.2 Å². The Morgan fingerprint density at radius 1 is 1.20 bits per heavy atom. The number of hydrogen-bond donors (Lipinski definition) is 3. The van der Waals surface area contributed by atoms with Crippen LogP contribution in [0.3, 0.4) is 0 Å². The second kappa shape index (κ2) is 5.85. The molecule has 1 heterocycles. The van der Waals surface area contributed by atoms with Gasteiger partial charge in [-0.25, -0.2) is 10.2 Å². The number of aromatic nitrogens is 3. The molecule has 0 saturated carbocycles. The molecule has 4 N–H and O–H groups in total. The minimum atomic E-state index is -0.494. The van der Waals surface area contributed by atoms with Crippen LogP contribution in [-0.2, 0) is 0 Å². The molecule has 7 nitrogen and oxygen atoms in total. The van der Waals surface area contributed by atoms with Gasteiger partial charge in [0.25, 0.3) is 0 Å². The van der Waals surface area contributed by atoms with E-state index in [1.165, 1.54) is 18.2 Å². The number of rotatable bonds is 4. The molecule has 0 aliphatic rings. The number of halogens is 2. The van der Waals surface area contributed by atoms with Crippen molar-refractivity contribution in [1.82, 2.24) is 15.0 Å². The fourth-order valence-corrected chi connectivity index (χ4v) is 1.57. The van der Waals surface area contributed by atoms with E-state index < -0.39 is 5.82 Å². The van der Waals surface area contributed by atoms with Gasteiger partial charge in [0.05, 0.1) is 5.02 Å². The first kappa shape index (κ1) is 14.2. The molecule has 0 saturated heterocycles.